The summed E-state index contributed by atoms with van der Waals surface area (Å²) in [6.45, 7) is 7.28. The number of hydrogen-bond acceptors (Lipinski definition) is 2. The Labute approximate surface area is 86.1 Å². The first kappa shape index (κ1) is 11.5. The highest BCUT2D eigenvalue weighted by Crippen LogP contribution is 2.21. The Morgan fingerprint density at radius 1 is 1.43 bits per heavy atom. The molecule has 1 amide bonds. The van der Waals surface area contributed by atoms with Crippen molar-refractivity contribution in [1.29, 1.82) is 0 Å². The van der Waals surface area contributed by atoms with E-state index >= 15 is 0 Å². The van der Waals surface area contributed by atoms with Crippen molar-refractivity contribution in [2.24, 2.45) is 5.41 Å². The molecular formula is C11H21NO2. The van der Waals surface area contributed by atoms with E-state index in [0.29, 0.717) is 13.0 Å². The molecule has 82 valence electrons. The van der Waals surface area contributed by atoms with Crippen molar-refractivity contribution in [3.05, 3.63) is 0 Å². The van der Waals surface area contributed by atoms with Crippen LogP contribution in [-0.4, -0.2) is 35.1 Å². The summed E-state index contributed by atoms with van der Waals surface area (Å²) in [6, 6.07) is 0. The Bertz CT molecular complexity index is 208. The monoisotopic (exact) mass is 199 g/mol. The molecule has 0 aromatic rings. The van der Waals surface area contributed by atoms with E-state index < -0.39 is 6.10 Å². The Morgan fingerprint density at radius 2 is 2.07 bits per heavy atom. The van der Waals surface area contributed by atoms with E-state index in [2.05, 4.69) is 0 Å². The SMILES string of the molecule is CC(C)(C)C(O)CN1CCCCC1=O. The zero-order valence-corrected chi connectivity index (χ0v) is 9.42. The topological polar surface area (TPSA) is 40.5 Å². The van der Waals surface area contributed by atoms with Crippen molar-refractivity contribution < 1.29 is 9.90 Å². The number of hydrogen-bond donors (Lipinski definition) is 1. The van der Waals surface area contributed by atoms with Crippen LogP contribution in [0.25, 0.3) is 0 Å². The van der Waals surface area contributed by atoms with Crippen molar-refractivity contribution in [2.45, 2.75) is 46.1 Å². The van der Waals surface area contributed by atoms with Gasteiger partial charge in [0.2, 0.25) is 5.91 Å². The molecule has 1 saturated heterocycles. The Balaban J connectivity index is 2.46. The van der Waals surface area contributed by atoms with Gasteiger partial charge in [0.05, 0.1) is 6.10 Å². The van der Waals surface area contributed by atoms with Gasteiger partial charge in [0.25, 0.3) is 0 Å². The van der Waals surface area contributed by atoms with Crippen LogP contribution in [0.4, 0.5) is 0 Å². The zero-order valence-electron chi connectivity index (χ0n) is 9.42. The van der Waals surface area contributed by atoms with Gasteiger partial charge in [-0.15, -0.1) is 0 Å². The fourth-order valence-electron chi connectivity index (χ4n) is 1.54. The lowest BCUT2D eigenvalue weighted by molar-refractivity contribution is -0.135. The second-order valence-electron chi connectivity index (χ2n) is 5.18. The maximum absolute atomic E-state index is 11.5. The number of likely N-dealkylation sites (tertiary alicyclic amines) is 1. The third-order valence-corrected chi connectivity index (χ3v) is 2.81. The fraction of sp³-hybridized carbons (Fsp3) is 0.909. The summed E-state index contributed by atoms with van der Waals surface area (Å²) in [7, 11) is 0. The van der Waals surface area contributed by atoms with Crippen LogP contribution < -0.4 is 0 Å². The molecular weight excluding hydrogens is 178 g/mol. The van der Waals surface area contributed by atoms with Gasteiger partial charge < -0.3 is 10.0 Å². The average molecular weight is 199 g/mol. The van der Waals surface area contributed by atoms with E-state index in [1.807, 2.05) is 20.8 Å². The van der Waals surface area contributed by atoms with E-state index in [1.165, 1.54) is 0 Å². The fourth-order valence-corrected chi connectivity index (χ4v) is 1.54. The van der Waals surface area contributed by atoms with Crippen molar-refractivity contribution in [3.63, 3.8) is 0 Å². The molecule has 0 saturated carbocycles. The molecule has 1 aliphatic heterocycles. The number of piperidine rings is 1. The molecule has 1 rings (SSSR count). The molecule has 0 aromatic heterocycles. The quantitative estimate of drug-likeness (QED) is 0.730. The number of β-amino-alcohol motifs (C(OH)–C–C–N with tert-alkyl or cyclic N) is 1. The summed E-state index contributed by atoms with van der Waals surface area (Å²) in [6.07, 6.45) is 2.30. The standard InChI is InChI=1S/C11H21NO2/c1-11(2,3)9(13)8-12-7-5-4-6-10(12)14/h9,13H,4-8H2,1-3H3. The Morgan fingerprint density at radius 3 is 2.57 bits per heavy atom. The molecule has 1 N–H and O–H groups in total. The first-order valence-corrected chi connectivity index (χ1v) is 5.37. The summed E-state index contributed by atoms with van der Waals surface area (Å²) < 4.78 is 0. The molecule has 1 aliphatic rings. The first-order chi connectivity index (χ1) is 6.41. The number of carbonyl (C=O) groups is 1. The second kappa shape index (κ2) is 4.30. The van der Waals surface area contributed by atoms with Crippen LogP contribution in [0, 0.1) is 5.41 Å². The smallest absolute Gasteiger partial charge is 0.222 e. The number of rotatable bonds is 2. The van der Waals surface area contributed by atoms with E-state index in [9.17, 15) is 9.90 Å². The molecule has 0 spiro atoms. The lowest BCUT2D eigenvalue weighted by Gasteiger charge is -2.33. The van der Waals surface area contributed by atoms with Gasteiger partial charge in [0.1, 0.15) is 0 Å². The van der Waals surface area contributed by atoms with Gasteiger partial charge in [0, 0.05) is 19.5 Å². The molecule has 0 bridgehead atoms. The van der Waals surface area contributed by atoms with Gasteiger partial charge >= 0.3 is 0 Å². The van der Waals surface area contributed by atoms with Crippen LogP contribution in [0.15, 0.2) is 0 Å². The normalized spacial score (nSPS) is 21.1. The van der Waals surface area contributed by atoms with E-state index in [0.717, 1.165) is 19.4 Å². The molecule has 0 radical (unpaired) electrons. The maximum Gasteiger partial charge on any atom is 0.222 e. The number of amides is 1. The Hall–Kier alpha value is -0.570. The van der Waals surface area contributed by atoms with Crippen molar-refractivity contribution in [2.75, 3.05) is 13.1 Å². The van der Waals surface area contributed by atoms with E-state index in [-0.39, 0.29) is 11.3 Å². The van der Waals surface area contributed by atoms with E-state index in [4.69, 9.17) is 0 Å². The maximum atomic E-state index is 11.5. The third-order valence-electron chi connectivity index (χ3n) is 2.81. The molecule has 3 heteroatoms. The van der Waals surface area contributed by atoms with Gasteiger partial charge in [0.15, 0.2) is 0 Å². The largest absolute Gasteiger partial charge is 0.391 e. The minimum absolute atomic E-state index is 0.141. The van der Waals surface area contributed by atoms with Crippen molar-refractivity contribution in [3.8, 4) is 0 Å². The Kier molecular flexibility index (Phi) is 3.53. The molecule has 3 nitrogen and oxygen atoms in total. The second-order valence-corrected chi connectivity index (χ2v) is 5.18. The van der Waals surface area contributed by atoms with Crippen molar-refractivity contribution in [1.82, 2.24) is 4.90 Å². The van der Waals surface area contributed by atoms with Crippen LogP contribution in [0.2, 0.25) is 0 Å². The number of aliphatic hydroxyl groups excluding tert-OH is 1. The lowest BCUT2D eigenvalue weighted by Crippen LogP contribution is -2.44. The van der Waals surface area contributed by atoms with Gasteiger partial charge in [-0.1, -0.05) is 20.8 Å². The average Bonchev–Trinajstić information content (AvgIpc) is 2.07. The van der Waals surface area contributed by atoms with Crippen LogP contribution >= 0.6 is 0 Å². The van der Waals surface area contributed by atoms with Crippen LogP contribution in [-0.2, 0) is 4.79 Å². The lowest BCUT2D eigenvalue weighted by atomic mass is 9.88. The molecule has 0 aromatic carbocycles. The summed E-state index contributed by atoms with van der Waals surface area (Å²) in [5.41, 5.74) is -0.141. The molecule has 1 fully saturated rings. The summed E-state index contributed by atoms with van der Waals surface area (Å²) in [5.74, 6) is 0.194. The molecule has 1 atom stereocenters. The third kappa shape index (κ3) is 2.98. The van der Waals surface area contributed by atoms with Crippen LogP contribution in [0.5, 0.6) is 0 Å². The highest BCUT2D eigenvalue weighted by atomic mass is 16.3. The van der Waals surface area contributed by atoms with Gasteiger partial charge in [-0.05, 0) is 18.3 Å². The van der Waals surface area contributed by atoms with Gasteiger partial charge in [-0.25, -0.2) is 0 Å². The number of aliphatic hydroxyl groups is 1. The van der Waals surface area contributed by atoms with Crippen molar-refractivity contribution >= 4 is 5.91 Å². The first-order valence-electron chi connectivity index (χ1n) is 5.37. The summed E-state index contributed by atoms with van der Waals surface area (Å²) in [4.78, 5) is 13.3. The predicted octanol–water partition coefficient (Wildman–Crippen LogP) is 1.41. The van der Waals surface area contributed by atoms with Crippen LogP contribution in [0.1, 0.15) is 40.0 Å². The number of nitrogens with zero attached hydrogens (tertiary/aromatic N) is 1. The predicted molar refractivity (Wildman–Crippen MR) is 55.9 cm³/mol. The molecule has 0 aliphatic carbocycles. The highest BCUT2D eigenvalue weighted by Gasteiger charge is 2.27. The highest BCUT2D eigenvalue weighted by molar-refractivity contribution is 5.76. The molecule has 14 heavy (non-hydrogen) atoms. The van der Waals surface area contributed by atoms with Gasteiger partial charge in [-0.3, -0.25) is 4.79 Å². The van der Waals surface area contributed by atoms with E-state index in [1.54, 1.807) is 4.90 Å². The zero-order chi connectivity index (χ0) is 10.8. The summed E-state index contributed by atoms with van der Waals surface area (Å²) >= 11 is 0. The minimum Gasteiger partial charge on any atom is -0.391 e. The minimum atomic E-state index is -0.426. The molecule has 1 heterocycles. The summed E-state index contributed by atoms with van der Waals surface area (Å²) in [5, 5.41) is 9.86. The molecule has 1 unspecified atom stereocenters. The van der Waals surface area contributed by atoms with Gasteiger partial charge in [-0.2, -0.15) is 0 Å². The van der Waals surface area contributed by atoms with Crippen LogP contribution in [0.3, 0.4) is 0 Å². The number of carbonyl (C=O) groups excluding carboxylic acids is 1.